The van der Waals surface area contributed by atoms with E-state index >= 15 is 0 Å². The molecule has 1 nitrogen and oxygen atoms in total. The molecule has 0 bridgehead atoms. The SMILES string of the molecule is C=C[C@]1(C)CC[C@@H](C(=C)C)C[C@H]1C(=C)C=O. The largest absolute Gasteiger partial charge is 0.298 e. The predicted octanol–water partition coefficient (Wildman–Crippen LogP) is 3.93. The standard InChI is InChI=1S/C15H22O/c1-6-15(5)8-7-13(11(2)3)9-14(15)12(4)10-16/h6,10,13-14H,1-2,4,7-9H2,3,5H3/t13-,14+,15-/m1/s1. The van der Waals surface area contributed by atoms with Crippen LogP contribution < -0.4 is 0 Å². The van der Waals surface area contributed by atoms with Crippen molar-refractivity contribution < 1.29 is 4.79 Å². The van der Waals surface area contributed by atoms with Gasteiger partial charge in [0, 0.05) is 0 Å². The Bertz CT molecular complexity index is 326. The minimum Gasteiger partial charge on any atom is -0.298 e. The van der Waals surface area contributed by atoms with E-state index in [0.29, 0.717) is 11.5 Å². The molecule has 88 valence electrons. The summed E-state index contributed by atoms with van der Waals surface area (Å²) in [5, 5.41) is 0. The molecule has 0 amide bonds. The van der Waals surface area contributed by atoms with Crippen molar-refractivity contribution >= 4 is 6.29 Å². The lowest BCUT2D eigenvalue weighted by molar-refractivity contribution is -0.105. The quantitative estimate of drug-likeness (QED) is 0.397. The van der Waals surface area contributed by atoms with Gasteiger partial charge in [-0.25, -0.2) is 0 Å². The Morgan fingerprint density at radius 3 is 2.50 bits per heavy atom. The van der Waals surface area contributed by atoms with Gasteiger partial charge in [-0.1, -0.05) is 31.7 Å². The molecule has 0 aromatic rings. The molecule has 1 fully saturated rings. The Morgan fingerprint density at radius 1 is 1.44 bits per heavy atom. The summed E-state index contributed by atoms with van der Waals surface area (Å²) >= 11 is 0. The van der Waals surface area contributed by atoms with Gasteiger partial charge in [0.25, 0.3) is 0 Å². The molecule has 0 aromatic heterocycles. The van der Waals surface area contributed by atoms with Crippen molar-refractivity contribution in [2.75, 3.05) is 0 Å². The van der Waals surface area contributed by atoms with Crippen molar-refractivity contribution in [2.45, 2.75) is 33.1 Å². The first-order valence-electron chi connectivity index (χ1n) is 5.87. The number of aldehydes is 1. The molecular formula is C15H22O. The second-order valence-electron chi connectivity index (χ2n) is 5.27. The fourth-order valence-electron chi connectivity index (χ4n) is 2.68. The van der Waals surface area contributed by atoms with Gasteiger partial charge in [0.1, 0.15) is 6.29 Å². The Kier molecular flexibility index (Phi) is 3.90. The highest BCUT2D eigenvalue weighted by Crippen LogP contribution is 2.48. The number of rotatable bonds is 4. The number of carbonyl (C=O) groups excluding carboxylic acids is 1. The molecule has 16 heavy (non-hydrogen) atoms. The van der Waals surface area contributed by atoms with Crippen molar-refractivity contribution in [3.8, 4) is 0 Å². The van der Waals surface area contributed by atoms with Crippen LogP contribution in [0.1, 0.15) is 33.1 Å². The lowest BCUT2D eigenvalue weighted by Gasteiger charge is -2.43. The highest BCUT2D eigenvalue weighted by molar-refractivity contribution is 5.73. The van der Waals surface area contributed by atoms with Crippen LogP contribution in [-0.2, 0) is 4.79 Å². The minimum atomic E-state index is 0.0178. The zero-order chi connectivity index (χ0) is 12.3. The average molecular weight is 218 g/mol. The van der Waals surface area contributed by atoms with Crippen molar-refractivity contribution in [2.24, 2.45) is 17.3 Å². The number of hydrogen-bond donors (Lipinski definition) is 0. The Morgan fingerprint density at radius 2 is 2.06 bits per heavy atom. The van der Waals surface area contributed by atoms with Crippen LogP contribution in [0.15, 0.2) is 37.0 Å². The fraction of sp³-hybridized carbons (Fsp3) is 0.533. The van der Waals surface area contributed by atoms with E-state index in [1.165, 1.54) is 5.57 Å². The van der Waals surface area contributed by atoms with E-state index in [4.69, 9.17) is 0 Å². The van der Waals surface area contributed by atoms with Crippen LogP contribution in [-0.4, -0.2) is 6.29 Å². The number of carbonyl (C=O) groups is 1. The summed E-state index contributed by atoms with van der Waals surface area (Å²) in [6, 6.07) is 0. The summed E-state index contributed by atoms with van der Waals surface area (Å²) in [4.78, 5) is 10.9. The molecule has 1 rings (SSSR count). The minimum absolute atomic E-state index is 0.0178. The van der Waals surface area contributed by atoms with Crippen LogP contribution in [0.2, 0.25) is 0 Å². The summed E-state index contributed by atoms with van der Waals surface area (Å²) in [7, 11) is 0. The summed E-state index contributed by atoms with van der Waals surface area (Å²) in [6.45, 7) is 16.1. The van der Waals surface area contributed by atoms with Gasteiger partial charge in [0.15, 0.2) is 0 Å². The Balaban J connectivity index is 2.94. The molecule has 3 atom stereocenters. The van der Waals surface area contributed by atoms with E-state index in [1.54, 1.807) is 0 Å². The van der Waals surface area contributed by atoms with Gasteiger partial charge in [-0.15, -0.1) is 6.58 Å². The van der Waals surface area contributed by atoms with Gasteiger partial charge in [-0.2, -0.15) is 0 Å². The smallest absolute Gasteiger partial charge is 0.145 e. The van der Waals surface area contributed by atoms with Gasteiger partial charge in [0.2, 0.25) is 0 Å². The Labute approximate surface area is 98.9 Å². The summed E-state index contributed by atoms with van der Waals surface area (Å²) in [5.41, 5.74) is 1.94. The van der Waals surface area contributed by atoms with Crippen LogP contribution >= 0.6 is 0 Å². The molecule has 1 heteroatoms. The maximum atomic E-state index is 10.9. The zero-order valence-corrected chi connectivity index (χ0v) is 10.5. The molecule has 0 aliphatic heterocycles. The van der Waals surface area contributed by atoms with Crippen LogP contribution in [0.5, 0.6) is 0 Å². The van der Waals surface area contributed by atoms with E-state index < -0.39 is 0 Å². The molecule has 1 aliphatic rings. The highest BCUT2D eigenvalue weighted by Gasteiger charge is 2.39. The maximum Gasteiger partial charge on any atom is 0.145 e. The first-order valence-corrected chi connectivity index (χ1v) is 5.87. The van der Waals surface area contributed by atoms with Gasteiger partial charge >= 0.3 is 0 Å². The maximum absolute atomic E-state index is 10.9. The third-order valence-electron chi connectivity index (χ3n) is 4.11. The molecule has 0 N–H and O–H groups in total. The van der Waals surface area contributed by atoms with E-state index in [2.05, 4.69) is 33.6 Å². The molecule has 0 heterocycles. The van der Waals surface area contributed by atoms with Crippen molar-refractivity contribution in [3.63, 3.8) is 0 Å². The summed E-state index contributed by atoms with van der Waals surface area (Å²) < 4.78 is 0. The molecule has 0 aromatic carbocycles. The van der Waals surface area contributed by atoms with Crippen molar-refractivity contribution in [1.29, 1.82) is 0 Å². The van der Waals surface area contributed by atoms with E-state index in [-0.39, 0.29) is 11.3 Å². The molecule has 0 spiro atoms. The van der Waals surface area contributed by atoms with Crippen LogP contribution in [0.4, 0.5) is 0 Å². The predicted molar refractivity (Wildman–Crippen MR) is 69.2 cm³/mol. The molecule has 0 saturated heterocycles. The van der Waals surface area contributed by atoms with Gasteiger partial charge in [0.05, 0.1) is 0 Å². The zero-order valence-electron chi connectivity index (χ0n) is 10.5. The fourth-order valence-corrected chi connectivity index (χ4v) is 2.68. The normalized spacial score (nSPS) is 34.1. The lowest BCUT2D eigenvalue weighted by Crippen LogP contribution is -2.34. The number of allylic oxidation sites excluding steroid dienone is 3. The summed E-state index contributed by atoms with van der Waals surface area (Å²) in [6.07, 6.45) is 6.07. The molecule has 1 aliphatic carbocycles. The molecule has 0 unspecified atom stereocenters. The molecule has 0 radical (unpaired) electrons. The second-order valence-corrected chi connectivity index (χ2v) is 5.27. The van der Waals surface area contributed by atoms with Gasteiger partial charge in [-0.05, 0) is 49.0 Å². The molecular weight excluding hydrogens is 196 g/mol. The van der Waals surface area contributed by atoms with Crippen LogP contribution in [0.25, 0.3) is 0 Å². The number of hydrogen-bond acceptors (Lipinski definition) is 1. The topological polar surface area (TPSA) is 17.1 Å². The highest BCUT2D eigenvalue weighted by atomic mass is 16.1. The van der Waals surface area contributed by atoms with Gasteiger partial charge in [-0.3, -0.25) is 4.79 Å². The third-order valence-corrected chi connectivity index (χ3v) is 4.11. The second kappa shape index (κ2) is 4.82. The van der Waals surface area contributed by atoms with E-state index in [0.717, 1.165) is 25.5 Å². The average Bonchev–Trinajstić information content (AvgIpc) is 2.28. The van der Waals surface area contributed by atoms with Crippen molar-refractivity contribution in [1.82, 2.24) is 0 Å². The monoisotopic (exact) mass is 218 g/mol. The summed E-state index contributed by atoms with van der Waals surface area (Å²) in [5.74, 6) is 0.743. The first kappa shape index (κ1) is 13.0. The Hall–Kier alpha value is -1.11. The van der Waals surface area contributed by atoms with Crippen LogP contribution in [0.3, 0.4) is 0 Å². The third kappa shape index (κ3) is 2.34. The molecule has 1 saturated carbocycles. The van der Waals surface area contributed by atoms with Crippen LogP contribution in [0, 0.1) is 17.3 Å². The first-order chi connectivity index (χ1) is 7.44. The lowest BCUT2D eigenvalue weighted by atomic mass is 9.61. The van der Waals surface area contributed by atoms with Gasteiger partial charge < -0.3 is 0 Å². The van der Waals surface area contributed by atoms with E-state index in [9.17, 15) is 4.79 Å². The van der Waals surface area contributed by atoms with E-state index in [1.807, 2.05) is 6.08 Å². The van der Waals surface area contributed by atoms with Crippen molar-refractivity contribution in [3.05, 3.63) is 37.0 Å².